The second-order valence-corrected chi connectivity index (χ2v) is 6.90. The van der Waals surface area contributed by atoms with Crippen LogP contribution in [-0.4, -0.2) is 49.3 Å². The Bertz CT molecular complexity index is 595. The summed E-state index contributed by atoms with van der Waals surface area (Å²) in [6.45, 7) is 6.71. The lowest BCUT2D eigenvalue weighted by Gasteiger charge is -2.36. The molecule has 1 aromatic heterocycles. The summed E-state index contributed by atoms with van der Waals surface area (Å²) in [4.78, 5) is 11.2. The number of nitrogens with zero attached hydrogens (tertiary/aromatic N) is 3. The number of morpholine rings is 1. The second kappa shape index (κ2) is 8.34. The van der Waals surface area contributed by atoms with Gasteiger partial charge in [-0.1, -0.05) is 18.2 Å². The summed E-state index contributed by atoms with van der Waals surface area (Å²) in [6, 6.07) is 4.68. The van der Waals surface area contributed by atoms with Crippen molar-refractivity contribution in [2.24, 2.45) is 4.99 Å². The first kappa shape index (κ1) is 17.7. The van der Waals surface area contributed by atoms with Gasteiger partial charge in [-0.3, -0.25) is 4.99 Å². The molecule has 1 fully saturated rings. The second-order valence-electron chi connectivity index (χ2n) is 6.90. The molecule has 6 nitrogen and oxygen atoms in total. The van der Waals surface area contributed by atoms with Crippen molar-refractivity contribution < 1.29 is 4.74 Å². The highest BCUT2D eigenvalue weighted by atomic mass is 16.5. The standard InChI is InChI=1S/C19H29N5O/c1-14-12-24(13-15(2)25-14)18-9-8-16(10-21-18)11-22-19(20-3)23-17-6-4-5-7-17/h4-5,8-10,14-15,17H,6-7,11-13H2,1-3H3,(H2,20,22,23). The third kappa shape index (κ3) is 4.95. The van der Waals surface area contributed by atoms with E-state index in [1.165, 1.54) is 0 Å². The van der Waals surface area contributed by atoms with Gasteiger partial charge in [0.15, 0.2) is 5.96 Å². The first-order valence-electron chi connectivity index (χ1n) is 9.11. The van der Waals surface area contributed by atoms with Gasteiger partial charge in [-0.05, 0) is 38.3 Å². The van der Waals surface area contributed by atoms with Crippen LogP contribution in [0.2, 0.25) is 0 Å². The zero-order valence-electron chi connectivity index (χ0n) is 15.4. The molecule has 6 heteroatoms. The van der Waals surface area contributed by atoms with Crippen molar-refractivity contribution in [2.45, 2.75) is 51.5 Å². The van der Waals surface area contributed by atoms with Gasteiger partial charge in [-0.15, -0.1) is 0 Å². The molecule has 2 atom stereocenters. The highest BCUT2D eigenvalue weighted by molar-refractivity contribution is 5.80. The Balaban J connectivity index is 1.51. The molecule has 0 aromatic carbocycles. The van der Waals surface area contributed by atoms with Crippen molar-refractivity contribution in [3.63, 3.8) is 0 Å². The quantitative estimate of drug-likeness (QED) is 0.498. The maximum atomic E-state index is 5.79. The van der Waals surface area contributed by atoms with E-state index in [-0.39, 0.29) is 12.2 Å². The van der Waals surface area contributed by atoms with E-state index >= 15 is 0 Å². The zero-order valence-corrected chi connectivity index (χ0v) is 15.4. The molecule has 2 N–H and O–H groups in total. The van der Waals surface area contributed by atoms with Gasteiger partial charge in [0.05, 0.1) is 12.2 Å². The van der Waals surface area contributed by atoms with Crippen molar-refractivity contribution in [2.75, 3.05) is 25.0 Å². The SMILES string of the molecule is CN=C(NCc1ccc(N2CC(C)OC(C)C2)nc1)NC1CC=CC1. The fourth-order valence-electron chi connectivity index (χ4n) is 3.38. The molecular weight excluding hydrogens is 314 g/mol. The molecule has 2 unspecified atom stereocenters. The molecule has 0 spiro atoms. The largest absolute Gasteiger partial charge is 0.372 e. The van der Waals surface area contributed by atoms with Crippen molar-refractivity contribution >= 4 is 11.8 Å². The number of hydrogen-bond donors (Lipinski definition) is 2. The molecule has 0 amide bonds. The van der Waals surface area contributed by atoms with Crippen LogP contribution in [0.3, 0.4) is 0 Å². The Kier molecular flexibility index (Phi) is 5.91. The van der Waals surface area contributed by atoms with Gasteiger partial charge in [0.25, 0.3) is 0 Å². The van der Waals surface area contributed by atoms with E-state index in [0.717, 1.165) is 43.3 Å². The minimum atomic E-state index is 0.242. The third-order valence-corrected chi connectivity index (χ3v) is 4.59. The average Bonchev–Trinajstić information content (AvgIpc) is 3.11. The molecule has 0 radical (unpaired) electrons. The predicted molar refractivity (Wildman–Crippen MR) is 102 cm³/mol. The van der Waals surface area contributed by atoms with Gasteiger partial charge in [-0.25, -0.2) is 4.98 Å². The Labute approximate surface area is 150 Å². The molecule has 2 heterocycles. The average molecular weight is 343 g/mol. The molecule has 2 aliphatic rings. The maximum absolute atomic E-state index is 5.79. The van der Waals surface area contributed by atoms with E-state index in [9.17, 15) is 0 Å². The summed E-state index contributed by atoms with van der Waals surface area (Å²) >= 11 is 0. The molecule has 136 valence electrons. The van der Waals surface area contributed by atoms with Crippen LogP contribution in [0.15, 0.2) is 35.5 Å². The van der Waals surface area contributed by atoms with Crippen LogP contribution in [0.4, 0.5) is 5.82 Å². The minimum absolute atomic E-state index is 0.242. The van der Waals surface area contributed by atoms with Crippen LogP contribution in [0.25, 0.3) is 0 Å². The first-order valence-corrected chi connectivity index (χ1v) is 9.11. The number of ether oxygens (including phenoxy) is 1. The Morgan fingerprint density at radius 3 is 2.56 bits per heavy atom. The number of hydrogen-bond acceptors (Lipinski definition) is 4. The van der Waals surface area contributed by atoms with Crippen molar-refractivity contribution in [3.8, 4) is 0 Å². The summed E-state index contributed by atoms with van der Waals surface area (Å²) in [5, 5.41) is 6.81. The molecular formula is C19H29N5O. The number of pyridine rings is 1. The number of aromatic nitrogens is 1. The van der Waals surface area contributed by atoms with Crippen molar-refractivity contribution in [1.82, 2.24) is 15.6 Å². The van der Waals surface area contributed by atoms with Gasteiger partial charge in [0.2, 0.25) is 0 Å². The predicted octanol–water partition coefficient (Wildman–Crippen LogP) is 2.08. The van der Waals surface area contributed by atoms with Gasteiger partial charge in [0.1, 0.15) is 5.82 Å². The molecule has 0 bridgehead atoms. The zero-order chi connectivity index (χ0) is 17.6. The Hall–Kier alpha value is -2.08. The van der Waals surface area contributed by atoms with Crippen LogP contribution in [0.1, 0.15) is 32.3 Å². The molecule has 25 heavy (non-hydrogen) atoms. The molecule has 1 aliphatic carbocycles. The maximum Gasteiger partial charge on any atom is 0.191 e. The summed E-state index contributed by atoms with van der Waals surface area (Å²) in [7, 11) is 1.81. The van der Waals surface area contributed by atoms with Gasteiger partial charge < -0.3 is 20.3 Å². The number of aliphatic imine (C=N–C) groups is 1. The fraction of sp³-hybridized carbons (Fsp3) is 0.579. The lowest BCUT2D eigenvalue weighted by Crippen LogP contribution is -2.45. The summed E-state index contributed by atoms with van der Waals surface area (Å²) < 4.78 is 5.79. The summed E-state index contributed by atoms with van der Waals surface area (Å²) in [6.07, 6.45) is 8.97. The molecule has 3 rings (SSSR count). The smallest absolute Gasteiger partial charge is 0.191 e. The Morgan fingerprint density at radius 2 is 1.96 bits per heavy atom. The van der Waals surface area contributed by atoms with Gasteiger partial charge >= 0.3 is 0 Å². The lowest BCUT2D eigenvalue weighted by molar-refractivity contribution is -0.00545. The van der Waals surface area contributed by atoms with Crippen LogP contribution in [0, 0.1) is 0 Å². The van der Waals surface area contributed by atoms with Crippen LogP contribution < -0.4 is 15.5 Å². The summed E-state index contributed by atoms with van der Waals surface area (Å²) in [5.74, 6) is 1.86. The van der Waals surface area contributed by atoms with E-state index < -0.39 is 0 Å². The molecule has 1 aliphatic heterocycles. The highest BCUT2D eigenvalue weighted by Crippen LogP contribution is 2.18. The van der Waals surface area contributed by atoms with Crippen LogP contribution >= 0.6 is 0 Å². The van der Waals surface area contributed by atoms with Crippen LogP contribution in [-0.2, 0) is 11.3 Å². The van der Waals surface area contributed by atoms with E-state index in [1.807, 2.05) is 6.20 Å². The van der Waals surface area contributed by atoms with Gasteiger partial charge in [0, 0.05) is 38.9 Å². The highest BCUT2D eigenvalue weighted by Gasteiger charge is 2.23. The minimum Gasteiger partial charge on any atom is -0.372 e. The Morgan fingerprint density at radius 1 is 1.24 bits per heavy atom. The molecule has 1 saturated heterocycles. The number of rotatable bonds is 4. The number of anilines is 1. The van der Waals surface area contributed by atoms with E-state index in [2.05, 4.69) is 63.6 Å². The van der Waals surface area contributed by atoms with Gasteiger partial charge in [-0.2, -0.15) is 0 Å². The monoisotopic (exact) mass is 343 g/mol. The van der Waals surface area contributed by atoms with E-state index in [0.29, 0.717) is 12.6 Å². The topological polar surface area (TPSA) is 61.8 Å². The number of guanidine groups is 1. The third-order valence-electron chi connectivity index (χ3n) is 4.59. The van der Waals surface area contributed by atoms with Crippen molar-refractivity contribution in [1.29, 1.82) is 0 Å². The fourth-order valence-corrected chi connectivity index (χ4v) is 3.38. The normalized spacial score (nSPS) is 24.6. The van der Waals surface area contributed by atoms with Crippen LogP contribution in [0.5, 0.6) is 0 Å². The van der Waals surface area contributed by atoms with E-state index in [1.54, 1.807) is 7.05 Å². The first-order chi connectivity index (χ1) is 12.1. The number of nitrogens with one attached hydrogen (secondary N) is 2. The van der Waals surface area contributed by atoms with E-state index in [4.69, 9.17) is 4.74 Å². The van der Waals surface area contributed by atoms with Crippen molar-refractivity contribution in [3.05, 3.63) is 36.0 Å². The summed E-state index contributed by atoms with van der Waals surface area (Å²) in [5.41, 5.74) is 1.14. The molecule has 0 saturated carbocycles. The molecule has 1 aromatic rings. The lowest BCUT2D eigenvalue weighted by atomic mass is 10.2.